The number of likely N-dealkylation sites (tertiary alicyclic amines) is 1. The van der Waals surface area contributed by atoms with Gasteiger partial charge in [0.15, 0.2) is 0 Å². The van der Waals surface area contributed by atoms with Crippen molar-refractivity contribution in [1.82, 2.24) is 9.88 Å². The minimum Gasteiger partial charge on any atom is -0.481 e. The van der Waals surface area contributed by atoms with Crippen LogP contribution in [0.1, 0.15) is 23.3 Å². The van der Waals surface area contributed by atoms with E-state index in [9.17, 15) is 9.59 Å². The number of carboxylic acids is 1. The Bertz CT molecular complexity index is 733. The van der Waals surface area contributed by atoms with Gasteiger partial charge >= 0.3 is 5.97 Å². The molecule has 2 heterocycles. The van der Waals surface area contributed by atoms with Crippen LogP contribution in [0.4, 0.5) is 0 Å². The molecule has 0 bridgehead atoms. The molecule has 1 fully saturated rings. The molecule has 1 aromatic heterocycles. The Labute approximate surface area is 139 Å². The van der Waals surface area contributed by atoms with E-state index in [4.69, 9.17) is 9.84 Å². The van der Waals surface area contributed by atoms with Gasteiger partial charge in [-0.25, -0.2) is 0 Å². The number of aromatic nitrogens is 1. The molecule has 124 valence electrons. The number of benzene rings is 1. The van der Waals surface area contributed by atoms with Crippen molar-refractivity contribution in [3.05, 3.63) is 54.4 Å². The molecule has 1 saturated heterocycles. The number of nitrogens with zero attached hydrogens (tertiary/aromatic N) is 2. The lowest BCUT2D eigenvalue weighted by Crippen LogP contribution is -2.42. The molecule has 3 rings (SSSR count). The molecule has 24 heavy (non-hydrogen) atoms. The lowest BCUT2D eigenvalue weighted by molar-refractivity contribution is -0.143. The van der Waals surface area contributed by atoms with Gasteiger partial charge in [-0.05, 0) is 31.0 Å². The first-order chi connectivity index (χ1) is 11.6. The van der Waals surface area contributed by atoms with Crippen molar-refractivity contribution in [2.24, 2.45) is 5.92 Å². The SMILES string of the molecule is O=C(O)[C@H]1CCCN(C(=O)c2cc(Oc3ccccc3)ccn2)C1. The monoisotopic (exact) mass is 326 g/mol. The summed E-state index contributed by atoms with van der Waals surface area (Å²) in [6.45, 7) is 0.772. The van der Waals surface area contributed by atoms with Gasteiger partial charge in [0, 0.05) is 25.4 Å². The molecule has 0 radical (unpaired) electrons. The summed E-state index contributed by atoms with van der Waals surface area (Å²) in [5.74, 6) is -0.440. The molecule has 1 atom stereocenters. The molecule has 1 aliphatic rings. The van der Waals surface area contributed by atoms with E-state index in [1.54, 1.807) is 17.0 Å². The molecule has 1 aliphatic heterocycles. The zero-order chi connectivity index (χ0) is 16.9. The van der Waals surface area contributed by atoms with Crippen LogP contribution in [0, 0.1) is 5.92 Å². The summed E-state index contributed by atoms with van der Waals surface area (Å²) >= 11 is 0. The van der Waals surface area contributed by atoms with Crippen molar-refractivity contribution in [1.29, 1.82) is 0 Å². The van der Waals surface area contributed by atoms with E-state index < -0.39 is 11.9 Å². The molecule has 0 spiro atoms. The maximum absolute atomic E-state index is 12.6. The Morgan fingerprint density at radius 3 is 2.71 bits per heavy atom. The number of hydrogen-bond donors (Lipinski definition) is 1. The van der Waals surface area contributed by atoms with Crippen LogP contribution in [-0.4, -0.2) is 40.0 Å². The van der Waals surface area contributed by atoms with Crippen LogP contribution in [-0.2, 0) is 4.79 Å². The second-order valence-corrected chi connectivity index (χ2v) is 5.72. The summed E-state index contributed by atoms with van der Waals surface area (Å²) in [6, 6.07) is 12.5. The smallest absolute Gasteiger partial charge is 0.308 e. The first kappa shape index (κ1) is 16.0. The highest BCUT2D eigenvalue weighted by molar-refractivity contribution is 5.93. The quantitative estimate of drug-likeness (QED) is 0.934. The molecule has 6 nitrogen and oxygen atoms in total. The summed E-state index contributed by atoms with van der Waals surface area (Å²) in [6.07, 6.45) is 2.80. The Morgan fingerprint density at radius 1 is 1.17 bits per heavy atom. The van der Waals surface area contributed by atoms with E-state index in [1.165, 1.54) is 6.20 Å². The van der Waals surface area contributed by atoms with Crippen LogP contribution in [0.2, 0.25) is 0 Å². The number of hydrogen-bond acceptors (Lipinski definition) is 4. The molecular weight excluding hydrogens is 308 g/mol. The van der Waals surface area contributed by atoms with Gasteiger partial charge in [0.25, 0.3) is 5.91 Å². The number of ether oxygens (including phenoxy) is 1. The van der Waals surface area contributed by atoms with Crippen LogP contribution in [0.25, 0.3) is 0 Å². The van der Waals surface area contributed by atoms with Crippen LogP contribution in [0.5, 0.6) is 11.5 Å². The van der Waals surface area contributed by atoms with E-state index in [0.29, 0.717) is 30.9 Å². The van der Waals surface area contributed by atoms with E-state index in [-0.39, 0.29) is 18.1 Å². The van der Waals surface area contributed by atoms with Crippen LogP contribution in [0.3, 0.4) is 0 Å². The first-order valence-corrected chi connectivity index (χ1v) is 7.84. The summed E-state index contributed by atoms with van der Waals surface area (Å²) in [7, 11) is 0. The second kappa shape index (κ2) is 7.12. The molecule has 0 aliphatic carbocycles. The lowest BCUT2D eigenvalue weighted by atomic mass is 9.98. The fourth-order valence-corrected chi connectivity index (χ4v) is 2.74. The number of amides is 1. The molecule has 0 unspecified atom stereocenters. The van der Waals surface area contributed by atoms with Crippen molar-refractivity contribution in [3.8, 4) is 11.5 Å². The predicted octanol–water partition coefficient (Wildman–Crippen LogP) is 2.81. The van der Waals surface area contributed by atoms with E-state index >= 15 is 0 Å². The molecule has 6 heteroatoms. The maximum Gasteiger partial charge on any atom is 0.308 e. The summed E-state index contributed by atoms with van der Waals surface area (Å²) in [5.41, 5.74) is 0.259. The van der Waals surface area contributed by atoms with E-state index in [1.807, 2.05) is 30.3 Å². The maximum atomic E-state index is 12.6. The summed E-state index contributed by atoms with van der Waals surface area (Å²) in [4.78, 5) is 29.4. The van der Waals surface area contributed by atoms with Gasteiger partial charge < -0.3 is 14.7 Å². The van der Waals surface area contributed by atoms with Crippen LogP contribution >= 0.6 is 0 Å². The molecular formula is C18H18N2O4. The van der Waals surface area contributed by atoms with Gasteiger partial charge in [0.05, 0.1) is 5.92 Å². The van der Waals surface area contributed by atoms with Crippen molar-refractivity contribution in [3.63, 3.8) is 0 Å². The van der Waals surface area contributed by atoms with Crippen molar-refractivity contribution >= 4 is 11.9 Å². The topological polar surface area (TPSA) is 79.7 Å². The highest BCUT2D eigenvalue weighted by Crippen LogP contribution is 2.23. The second-order valence-electron chi connectivity index (χ2n) is 5.72. The average Bonchev–Trinajstić information content (AvgIpc) is 2.62. The van der Waals surface area contributed by atoms with E-state index in [0.717, 1.165) is 0 Å². The van der Waals surface area contributed by atoms with E-state index in [2.05, 4.69) is 4.98 Å². The van der Waals surface area contributed by atoms with Crippen molar-refractivity contribution < 1.29 is 19.4 Å². The predicted molar refractivity (Wildman–Crippen MR) is 87.0 cm³/mol. The standard InChI is InChI=1S/C18H18N2O4/c21-17(20-10-4-5-13(12-20)18(22)23)16-11-15(8-9-19-16)24-14-6-2-1-3-7-14/h1-3,6-9,11,13H,4-5,10,12H2,(H,22,23)/t13-/m0/s1. The fraction of sp³-hybridized carbons (Fsp3) is 0.278. The number of rotatable bonds is 4. The third kappa shape index (κ3) is 3.71. The Balaban J connectivity index is 1.73. The number of carboxylic acid groups (broad SMARTS) is 1. The van der Waals surface area contributed by atoms with Crippen LogP contribution in [0.15, 0.2) is 48.7 Å². The molecule has 1 aromatic carbocycles. The summed E-state index contributed by atoms with van der Waals surface area (Å²) < 4.78 is 5.71. The van der Waals surface area contributed by atoms with Crippen LogP contribution < -0.4 is 4.74 Å². The largest absolute Gasteiger partial charge is 0.481 e. The van der Waals surface area contributed by atoms with Gasteiger partial charge in [-0.15, -0.1) is 0 Å². The third-order valence-electron chi connectivity index (χ3n) is 3.99. The third-order valence-corrected chi connectivity index (χ3v) is 3.99. The van der Waals surface area contributed by atoms with Crippen molar-refractivity contribution in [2.45, 2.75) is 12.8 Å². The Hall–Kier alpha value is -2.89. The van der Waals surface area contributed by atoms with Gasteiger partial charge in [-0.2, -0.15) is 0 Å². The summed E-state index contributed by atoms with van der Waals surface area (Å²) in [5, 5.41) is 9.14. The number of aliphatic carboxylic acids is 1. The number of carbonyl (C=O) groups is 2. The first-order valence-electron chi connectivity index (χ1n) is 7.84. The number of carbonyl (C=O) groups excluding carboxylic acids is 1. The highest BCUT2D eigenvalue weighted by Gasteiger charge is 2.29. The van der Waals surface area contributed by atoms with Crippen molar-refractivity contribution in [2.75, 3.05) is 13.1 Å². The molecule has 2 aromatic rings. The fourth-order valence-electron chi connectivity index (χ4n) is 2.74. The minimum atomic E-state index is -0.860. The van der Waals surface area contributed by atoms with Gasteiger partial charge in [-0.3, -0.25) is 14.6 Å². The average molecular weight is 326 g/mol. The van der Waals surface area contributed by atoms with Gasteiger partial charge in [-0.1, -0.05) is 18.2 Å². The van der Waals surface area contributed by atoms with Gasteiger partial charge in [0.2, 0.25) is 0 Å². The van der Waals surface area contributed by atoms with Gasteiger partial charge in [0.1, 0.15) is 17.2 Å². The Morgan fingerprint density at radius 2 is 1.96 bits per heavy atom. The highest BCUT2D eigenvalue weighted by atomic mass is 16.5. The molecule has 1 N–H and O–H groups in total. The lowest BCUT2D eigenvalue weighted by Gasteiger charge is -2.30. The minimum absolute atomic E-state index is 0.222. The Kier molecular flexibility index (Phi) is 4.74. The number of piperidine rings is 1. The normalized spacial score (nSPS) is 17.3. The number of pyridine rings is 1. The zero-order valence-electron chi connectivity index (χ0n) is 13.1. The molecule has 1 amide bonds. The number of para-hydroxylation sites is 1. The zero-order valence-corrected chi connectivity index (χ0v) is 13.1. The molecule has 0 saturated carbocycles.